The van der Waals surface area contributed by atoms with E-state index >= 15 is 0 Å². The maximum atomic E-state index is 13.8. The van der Waals surface area contributed by atoms with E-state index in [1.54, 1.807) is 13.0 Å². The van der Waals surface area contributed by atoms with Crippen LogP contribution in [-0.2, 0) is 21.1 Å². The number of rotatable bonds is 9. The molecule has 9 heteroatoms. The zero-order chi connectivity index (χ0) is 29.7. The number of halogens is 3. The topological polar surface area (TPSA) is 63.7 Å². The van der Waals surface area contributed by atoms with E-state index in [0.29, 0.717) is 44.8 Å². The Hall–Kier alpha value is -4.11. The van der Waals surface area contributed by atoms with Crippen LogP contribution in [0.4, 0.5) is 24.5 Å². The Morgan fingerprint density at radius 1 is 1.00 bits per heavy atom. The standard InChI is InChI=1S/C33H34F3N3O3/c1-3-41-31(40)32(24-9-5-4-6-10-24)13-15-39(16-14-32)17-18-42-27-21-25(33(34,35)36)20-26(22-27)38-30-19-23(2)37-29-12-8-7-11-28(29)30/h4-12,19-22H,3,13-18H2,1-2H3,(H,37,38). The zero-order valence-electron chi connectivity index (χ0n) is 23.7. The number of benzene rings is 3. The molecule has 0 amide bonds. The predicted molar refractivity (Wildman–Crippen MR) is 157 cm³/mol. The average Bonchev–Trinajstić information content (AvgIpc) is 2.97. The number of para-hydroxylation sites is 1. The molecular formula is C33H34F3N3O3. The Morgan fingerprint density at radius 2 is 1.71 bits per heavy atom. The fourth-order valence-corrected chi connectivity index (χ4v) is 5.57. The molecule has 5 rings (SSSR count). The lowest BCUT2D eigenvalue weighted by atomic mass is 9.72. The molecule has 6 nitrogen and oxygen atoms in total. The van der Waals surface area contributed by atoms with Gasteiger partial charge in [0.25, 0.3) is 0 Å². The Kier molecular flexibility index (Phi) is 8.68. The lowest BCUT2D eigenvalue weighted by Crippen LogP contribution is -2.48. The molecule has 0 spiro atoms. The smallest absolute Gasteiger partial charge is 0.416 e. The van der Waals surface area contributed by atoms with Gasteiger partial charge in [0, 0.05) is 35.1 Å². The molecule has 4 aromatic rings. The molecule has 0 saturated carbocycles. The number of nitrogens with zero attached hydrogens (tertiary/aromatic N) is 2. The molecule has 3 aromatic carbocycles. The van der Waals surface area contributed by atoms with Gasteiger partial charge >= 0.3 is 12.1 Å². The van der Waals surface area contributed by atoms with E-state index in [2.05, 4.69) is 15.2 Å². The molecule has 0 aliphatic carbocycles. The van der Waals surface area contributed by atoms with E-state index in [0.717, 1.165) is 34.3 Å². The van der Waals surface area contributed by atoms with Crippen molar-refractivity contribution in [2.75, 3.05) is 38.2 Å². The number of piperidine rings is 1. The first-order valence-corrected chi connectivity index (χ1v) is 14.1. The number of carbonyl (C=O) groups excluding carboxylic acids is 1. The van der Waals surface area contributed by atoms with Gasteiger partial charge in [0.15, 0.2) is 0 Å². The van der Waals surface area contributed by atoms with Crippen LogP contribution in [0, 0.1) is 6.92 Å². The molecule has 1 aromatic heterocycles. The number of pyridine rings is 1. The number of hydrogen-bond acceptors (Lipinski definition) is 6. The molecule has 0 bridgehead atoms. The Balaban J connectivity index is 1.27. The number of aromatic nitrogens is 1. The number of carbonyl (C=O) groups is 1. The third-order valence-electron chi connectivity index (χ3n) is 7.74. The number of ether oxygens (including phenoxy) is 2. The van der Waals surface area contributed by atoms with Crippen molar-refractivity contribution in [1.29, 1.82) is 0 Å². The van der Waals surface area contributed by atoms with Gasteiger partial charge in [-0.25, -0.2) is 0 Å². The van der Waals surface area contributed by atoms with Crippen LogP contribution in [0.15, 0.2) is 78.9 Å². The number of alkyl halides is 3. The molecule has 1 fully saturated rings. The number of esters is 1. The molecule has 1 N–H and O–H groups in total. The van der Waals surface area contributed by atoms with Gasteiger partial charge in [-0.3, -0.25) is 14.7 Å². The van der Waals surface area contributed by atoms with Gasteiger partial charge < -0.3 is 14.8 Å². The third-order valence-corrected chi connectivity index (χ3v) is 7.74. The first-order chi connectivity index (χ1) is 20.2. The fraction of sp³-hybridized carbons (Fsp3) is 0.333. The number of anilines is 2. The van der Waals surface area contributed by atoms with Crippen molar-refractivity contribution in [3.8, 4) is 5.75 Å². The Morgan fingerprint density at radius 3 is 2.43 bits per heavy atom. The molecule has 1 saturated heterocycles. The summed E-state index contributed by atoms with van der Waals surface area (Å²) in [7, 11) is 0. The van der Waals surface area contributed by atoms with E-state index in [1.165, 1.54) is 0 Å². The van der Waals surface area contributed by atoms with Gasteiger partial charge in [0.05, 0.1) is 23.1 Å². The maximum Gasteiger partial charge on any atom is 0.416 e. The molecule has 220 valence electrons. The lowest BCUT2D eigenvalue weighted by molar-refractivity contribution is -0.152. The van der Waals surface area contributed by atoms with Crippen LogP contribution < -0.4 is 10.1 Å². The van der Waals surface area contributed by atoms with Crippen molar-refractivity contribution in [3.63, 3.8) is 0 Å². The van der Waals surface area contributed by atoms with E-state index < -0.39 is 17.2 Å². The highest BCUT2D eigenvalue weighted by molar-refractivity contribution is 5.93. The summed E-state index contributed by atoms with van der Waals surface area (Å²) < 4.78 is 52.8. The molecule has 42 heavy (non-hydrogen) atoms. The quantitative estimate of drug-likeness (QED) is 0.211. The normalized spacial score (nSPS) is 15.4. The number of nitrogens with one attached hydrogen (secondary N) is 1. The van der Waals surface area contributed by atoms with Crippen LogP contribution in [0.1, 0.15) is 36.6 Å². The molecular weight excluding hydrogens is 543 g/mol. The molecule has 2 heterocycles. The van der Waals surface area contributed by atoms with Crippen molar-refractivity contribution in [2.24, 2.45) is 0 Å². The van der Waals surface area contributed by atoms with Gasteiger partial charge in [0.2, 0.25) is 0 Å². The second-order valence-corrected chi connectivity index (χ2v) is 10.6. The summed E-state index contributed by atoms with van der Waals surface area (Å²) in [5, 5.41) is 3.96. The Labute approximate surface area is 243 Å². The average molecular weight is 578 g/mol. The van der Waals surface area contributed by atoms with Crippen molar-refractivity contribution in [3.05, 3.63) is 95.7 Å². The summed E-state index contributed by atoms with van der Waals surface area (Å²) >= 11 is 0. The highest BCUT2D eigenvalue weighted by Gasteiger charge is 2.44. The first kappa shape index (κ1) is 29.4. The van der Waals surface area contributed by atoms with Crippen molar-refractivity contribution >= 4 is 28.2 Å². The van der Waals surface area contributed by atoms with Crippen LogP contribution in [-0.4, -0.2) is 48.7 Å². The zero-order valence-corrected chi connectivity index (χ0v) is 23.7. The predicted octanol–water partition coefficient (Wildman–Crippen LogP) is 7.28. The SMILES string of the molecule is CCOC(=O)C1(c2ccccc2)CCN(CCOc2cc(Nc3cc(C)nc4ccccc34)cc(C(F)(F)F)c2)CC1. The van der Waals surface area contributed by atoms with Crippen molar-refractivity contribution < 1.29 is 27.4 Å². The summed E-state index contributed by atoms with van der Waals surface area (Å²) in [6.45, 7) is 5.96. The molecule has 1 aliphatic rings. The minimum Gasteiger partial charge on any atom is -0.492 e. The largest absolute Gasteiger partial charge is 0.492 e. The number of aryl methyl sites for hydroxylation is 1. The molecule has 1 aliphatic heterocycles. The molecule has 0 unspecified atom stereocenters. The summed E-state index contributed by atoms with van der Waals surface area (Å²) in [4.78, 5) is 19.7. The van der Waals surface area contributed by atoms with E-state index in [9.17, 15) is 18.0 Å². The first-order valence-electron chi connectivity index (χ1n) is 14.1. The van der Waals surface area contributed by atoms with Gasteiger partial charge in [-0.15, -0.1) is 0 Å². The molecule has 0 radical (unpaired) electrons. The van der Waals surface area contributed by atoms with Crippen LogP contribution in [0.3, 0.4) is 0 Å². The summed E-state index contributed by atoms with van der Waals surface area (Å²) in [5.74, 6) is -0.0853. The summed E-state index contributed by atoms with van der Waals surface area (Å²) in [5.41, 5.74) is 1.89. The number of likely N-dealkylation sites (tertiary alicyclic amines) is 1. The highest BCUT2D eigenvalue weighted by Crippen LogP contribution is 2.38. The van der Waals surface area contributed by atoms with Gasteiger partial charge in [-0.1, -0.05) is 48.5 Å². The monoisotopic (exact) mass is 577 g/mol. The highest BCUT2D eigenvalue weighted by atomic mass is 19.4. The summed E-state index contributed by atoms with van der Waals surface area (Å²) in [6, 6.07) is 22.7. The van der Waals surface area contributed by atoms with Crippen LogP contribution in [0.2, 0.25) is 0 Å². The number of fused-ring (bicyclic) bond motifs is 1. The second kappa shape index (κ2) is 12.4. The van der Waals surface area contributed by atoms with Crippen LogP contribution in [0.5, 0.6) is 5.75 Å². The van der Waals surface area contributed by atoms with Crippen molar-refractivity contribution in [2.45, 2.75) is 38.3 Å². The van der Waals surface area contributed by atoms with E-state index in [-0.39, 0.29) is 24.0 Å². The van der Waals surface area contributed by atoms with Gasteiger partial charge in [-0.2, -0.15) is 13.2 Å². The Bertz CT molecular complexity index is 1530. The summed E-state index contributed by atoms with van der Waals surface area (Å²) in [6.07, 6.45) is -3.35. The van der Waals surface area contributed by atoms with Crippen LogP contribution >= 0.6 is 0 Å². The minimum atomic E-state index is -4.53. The van der Waals surface area contributed by atoms with E-state index in [1.807, 2.05) is 67.6 Å². The fourth-order valence-electron chi connectivity index (χ4n) is 5.57. The number of hydrogen-bond donors (Lipinski definition) is 1. The van der Waals surface area contributed by atoms with Crippen molar-refractivity contribution in [1.82, 2.24) is 9.88 Å². The lowest BCUT2D eigenvalue weighted by Gasteiger charge is -2.40. The van der Waals surface area contributed by atoms with Gasteiger partial charge in [-0.05, 0) is 69.6 Å². The van der Waals surface area contributed by atoms with Gasteiger partial charge in [0.1, 0.15) is 12.4 Å². The minimum absolute atomic E-state index is 0.129. The third kappa shape index (κ3) is 6.51. The second-order valence-electron chi connectivity index (χ2n) is 10.6. The van der Waals surface area contributed by atoms with E-state index in [4.69, 9.17) is 9.47 Å². The maximum absolute atomic E-state index is 13.8. The molecule has 0 atom stereocenters. The van der Waals surface area contributed by atoms with Crippen LogP contribution in [0.25, 0.3) is 10.9 Å².